The zero-order chi connectivity index (χ0) is 22.3. The number of hydrogen-bond donors (Lipinski definition) is 1. The molecule has 0 heterocycles. The Kier molecular flexibility index (Phi) is 8.04. The molecule has 30 heavy (non-hydrogen) atoms. The van der Waals surface area contributed by atoms with Crippen LogP contribution in [0.5, 0.6) is 5.75 Å². The standard InChI is InChI=1S/C25H34N2O3/c1-7-13-22(25(3,4)5)27(24(29)18-14-10-9-11-15-18)26-23(28)20-16-12-17-21(30-6)19(20)8-2/h9-12,14-17,22H,7-8,13H2,1-6H3,(H,26,28). The van der Waals surface area contributed by atoms with Gasteiger partial charge in [0.25, 0.3) is 11.8 Å². The molecule has 0 aromatic heterocycles. The van der Waals surface area contributed by atoms with Crippen molar-refractivity contribution < 1.29 is 14.3 Å². The van der Waals surface area contributed by atoms with Crippen LogP contribution in [0.1, 0.15) is 73.7 Å². The number of ether oxygens (including phenoxy) is 1. The second-order valence-corrected chi connectivity index (χ2v) is 8.49. The van der Waals surface area contributed by atoms with Crippen LogP contribution in [-0.4, -0.2) is 30.0 Å². The molecule has 5 heteroatoms. The number of amides is 2. The van der Waals surface area contributed by atoms with Crippen molar-refractivity contribution in [1.82, 2.24) is 10.4 Å². The molecule has 0 radical (unpaired) electrons. The van der Waals surface area contributed by atoms with E-state index in [0.29, 0.717) is 23.3 Å². The van der Waals surface area contributed by atoms with Gasteiger partial charge in [-0.2, -0.15) is 0 Å². The van der Waals surface area contributed by atoms with Crippen LogP contribution in [0, 0.1) is 5.41 Å². The molecule has 2 aromatic rings. The number of nitrogens with zero attached hydrogens (tertiary/aromatic N) is 1. The maximum Gasteiger partial charge on any atom is 0.272 e. The zero-order valence-electron chi connectivity index (χ0n) is 19.0. The molecule has 0 fully saturated rings. The Morgan fingerprint density at radius 3 is 2.23 bits per heavy atom. The Morgan fingerprint density at radius 1 is 1.03 bits per heavy atom. The van der Waals surface area contributed by atoms with Crippen LogP contribution >= 0.6 is 0 Å². The van der Waals surface area contributed by atoms with Gasteiger partial charge >= 0.3 is 0 Å². The first-order valence-electron chi connectivity index (χ1n) is 10.6. The van der Waals surface area contributed by atoms with Crippen LogP contribution in [0.2, 0.25) is 0 Å². The quantitative estimate of drug-likeness (QED) is 0.634. The first-order valence-corrected chi connectivity index (χ1v) is 10.6. The number of nitrogens with one attached hydrogen (secondary N) is 1. The average Bonchev–Trinajstić information content (AvgIpc) is 2.74. The van der Waals surface area contributed by atoms with Crippen molar-refractivity contribution in [2.24, 2.45) is 5.41 Å². The molecule has 0 saturated carbocycles. The Labute approximate surface area is 180 Å². The molecular formula is C25H34N2O3. The SMILES string of the molecule is CCCC(N(NC(=O)c1cccc(OC)c1CC)C(=O)c1ccccc1)C(C)(C)C. The number of carbonyl (C=O) groups is 2. The predicted octanol–water partition coefficient (Wildman–Crippen LogP) is 5.26. The van der Waals surface area contributed by atoms with E-state index in [9.17, 15) is 9.59 Å². The maximum atomic E-state index is 13.4. The summed E-state index contributed by atoms with van der Waals surface area (Å²) in [4.78, 5) is 26.8. The summed E-state index contributed by atoms with van der Waals surface area (Å²) in [6.45, 7) is 10.3. The second kappa shape index (κ2) is 10.3. The average molecular weight is 411 g/mol. The molecule has 0 spiro atoms. The molecule has 2 amide bonds. The van der Waals surface area contributed by atoms with E-state index in [0.717, 1.165) is 18.4 Å². The number of carbonyl (C=O) groups excluding carboxylic acids is 2. The summed E-state index contributed by atoms with van der Waals surface area (Å²) < 4.78 is 5.43. The highest BCUT2D eigenvalue weighted by molar-refractivity contribution is 6.00. The number of rotatable bonds is 7. The molecule has 1 atom stereocenters. The van der Waals surface area contributed by atoms with E-state index in [-0.39, 0.29) is 23.3 Å². The summed E-state index contributed by atoms with van der Waals surface area (Å²) in [5, 5.41) is 1.53. The van der Waals surface area contributed by atoms with Crippen molar-refractivity contribution in [3.05, 3.63) is 65.2 Å². The Bertz CT molecular complexity index is 856. The van der Waals surface area contributed by atoms with Gasteiger partial charge in [-0.3, -0.25) is 15.0 Å². The van der Waals surface area contributed by atoms with Gasteiger partial charge in [0.15, 0.2) is 0 Å². The molecule has 2 rings (SSSR count). The van der Waals surface area contributed by atoms with Crippen molar-refractivity contribution >= 4 is 11.8 Å². The minimum Gasteiger partial charge on any atom is -0.496 e. The summed E-state index contributed by atoms with van der Waals surface area (Å²) in [6.07, 6.45) is 2.33. The predicted molar refractivity (Wildman–Crippen MR) is 121 cm³/mol. The third-order valence-corrected chi connectivity index (χ3v) is 5.29. The zero-order valence-corrected chi connectivity index (χ0v) is 19.0. The third-order valence-electron chi connectivity index (χ3n) is 5.29. The summed E-state index contributed by atoms with van der Waals surface area (Å²) in [7, 11) is 1.60. The van der Waals surface area contributed by atoms with Crippen molar-refractivity contribution in [3.8, 4) is 5.75 Å². The Hall–Kier alpha value is -2.82. The first-order chi connectivity index (χ1) is 14.2. The van der Waals surface area contributed by atoms with E-state index < -0.39 is 0 Å². The lowest BCUT2D eigenvalue weighted by Gasteiger charge is -2.40. The van der Waals surface area contributed by atoms with Crippen molar-refractivity contribution in [1.29, 1.82) is 0 Å². The molecule has 1 N–H and O–H groups in total. The highest BCUT2D eigenvalue weighted by Crippen LogP contribution is 2.29. The van der Waals surface area contributed by atoms with Gasteiger partial charge in [-0.15, -0.1) is 0 Å². The molecule has 1 unspecified atom stereocenters. The molecule has 162 valence electrons. The fourth-order valence-electron chi connectivity index (χ4n) is 3.72. The van der Waals surface area contributed by atoms with E-state index in [4.69, 9.17) is 4.74 Å². The van der Waals surface area contributed by atoms with Crippen molar-refractivity contribution in [2.75, 3.05) is 7.11 Å². The van der Waals surface area contributed by atoms with Gasteiger partial charge in [0.1, 0.15) is 5.75 Å². The topological polar surface area (TPSA) is 58.6 Å². The van der Waals surface area contributed by atoms with Gasteiger partial charge in [-0.05, 0) is 42.5 Å². The van der Waals surface area contributed by atoms with E-state index in [1.807, 2.05) is 31.2 Å². The van der Waals surface area contributed by atoms with Crippen LogP contribution in [0.15, 0.2) is 48.5 Å². The van der Waals surface area contributed by atoms with Crippen LogP contribution in [0.3, 0.4) is 0 Å². The van der Waals surface area contributed by atoms with E-state index in [1.165, 1.54) is 5.01 Å². The Morgan fingerprint density at radius 2 is 1.70 bits per heavy atom. The van der Waals surface area contributed by atoms with Crippen molar-refractivity contribution in [3.63, 3.8) is 0 Å². The molecule has 0 bridgehead atoms. The van der Waals surface area contributed by atoms with Gasteiger partial charge < -0.3 is 4.74 Å². The van der Waals surface area contributed by atoms with Crippen LogP contribution < -0.4 is 10.2 Å². The fourth-order valence-corrected chi connectivity index (χ4v) is 3.72. The van der Waals surface area contributed by atoms with Crippen LogP contribution in [0.25, 0.3) is 0 Å². The molecular weight excluding hydrogens is 376 g/mol. The normalized spacial score (nSPS) is 12.2. The van der Waals surface area contributed by atoms with E-state index in [2.05, 4.69) is 33.1 Å². The van der Waals surface area contributed by atoms with Gasteiger partial charge in [0, 0.05) is 16.7 Å². The third kappa shape index (κ3) is 5.41. The second-order valence-electron chi connectivity index (χ2n) is 8.49. The minimum absolute atomic E-state index is 0.158. The summed E-state index contributed by atoms with van der Waals surface area (Å²) >= 11 is 0. The molecule has 0 aliphatic carbocycles. The smallest absolute Gasteiger partial charge is 0.272 e. The van der Waals surface area contributed by atoms with Gasteiger partial charge in [-0.25, -0.2) is 5.01 Å². The lowest BCUT2D eigenvalue weighted by Crippen LogP contribution is -2.56. The minimum atomic E-state index is -0.305. The lowest BCUT2D eigenvalue weighted by atomic mass is 9.83. The number of benzene rings is 2. The van der Waals surface area contributed by atoms with Gasteiger partial charge in [0.05, 0.1) is 13.2 Å². The Balaban J connectivity index is 2.47. The molecule has 5 nitrogen and oxygen atoms in total. The van der Waals surface area contributed by atoms with E-state index >= 15 is 0 Å². The highest BCUT2D eigenvalue weighted by Gasteiger charge is 2.35. The maximum absolute atomic E-state index is 13.4. The largest absolute Gasteiger partial charge is 0.496 e. The molecule has 0 aliphatic heterocycles. The summed E-state index contributed by atoms with van der Waals surface area (Å²) in [5.41, 5.74) is 4.62. The van der Waals surface area contributed by atoms with Gasteiger partial charge in [0.2, 0.25) is 0 Å². The number of methoxy groups -OCH3 is 1. The van der Waals surface area contributed by atoms with Crippen LogP contribution in [0.4, 0.5) is 0 Å². The monoisotopic (exact) mass is 410 g/mol. The first kappa shape index (κ1) is 23.5. The number of hydrogen-bond acceptors (Lipinski definition) is 3. The van der Waals surface area contributed by atoms with Crippen molar-refractivity contribution in [2.45, 2.75) is 59.9 Å². The van der Waals surface area contributed by atoms with Crippen LogP contribution in [-0.2, 0) is 6.42 Å². The van der Waals surface area contributed by atoms with Gasteiger partial charge in [-0.1, -0.05) is 65.3 Å². The van der Waals surface area contributed by atoms with E-state index in [1.54, 1.807) is 31.4 Å². The summed E-state index contributed by atoms with van der Waals surface area (Å²) in [5.74, 6) is 0.158. The fraction of sp³-hybridized carbons (Fsp3) is 0.440. The lowest BCUT2D eigenvalue weighted by molar-refractivity contribution is 0.0270. The summed E-state index contributed by atoms with van der Waals surface area (Å²) in [6, 6.07) is 14.3. The molecule has 0 aliphatic rings. The molecule has 0 saturated heterocycles. The molecule has 2 aromatic carbocycles. The number of hydrazine groups is 1. The highest BCUT2D eigenvalue weighted by atomic mass is 16.5.